The number of pyridine rings is 1. The number of nitrogens with zero attached hydrogens (tertiary/aromatic N) is 2. The molecule has 0 saturated carbocycles. The predicted octanol–water partition coefficient (Wildman–Crippen LogP) is 4.52. The molecule has 4 heteroatoms. The molecule has 0 radical (unpaired) electrons. The van der Waals surface area contributed by atoms with Crippen molar-refractivity contribution in [2.45, 2.75) is 11.6 Å². The van der Waals surface area contributed by atoms with Gasteiger partial charge in [-0.1, -0.05) is 54.6 Å². The Morgan fingerprint density at radius 3 is 2.24 bits per heavy atom. The van der Waals surface area contributed by atoms with Crippen LogP contribution in [-0.2, 0) is 6.54 Å². The smallest absolute Gasteiger partial charge is 0.254 e. The Morgan fingerprint density at radius 1 is 0.880 bits per heavy atom. The maximum absolute atomic E-state index is 12.9. The zero-order valence-electron chi connectivity index (χ0n) is 13.9. The molecule has 25 heavy (non-hydrogen) atoms. The number of thioether (sulfide) groups is 1. The Labute approximate surface area is 152 Å². The molecule has 0 fully saturated rings. The molecule has 1 amide bonds. The number of aromatic nitrogens is 1. The van der Waals surface area contributed by atoms with Gasteiger partial charge in [0.05, 0.1) is 5.03 Å². The molecule has 3 aromatic rings. The summed E-state index contributed by atoms with van der Waals surface area (Å²) in [6.45, 7) is 1.28. The zero-order valence-corrected chi connectivity index (χ0v) is 14.7. The fraction of sp³-hybridized carbons (Fsp3) is 0.143. The molecule has 0 unspecified atom stereocenters. The second-order valence-corrected chi connectivity index (χ2v) is 6.71. The van der Waals surface area contributed by atoms with Gasteiger partial charge in [0.2, 0.25) is 0 Å². The van der Waals surface area contributed by atoms with Crippen molar-refractivity contribution in [2.24, 2.45) is 0 Å². The molecule has 3 nitrogen and oxygen atoms in total. The van der Waals surface area contributed by atoms with Crippen LogP contribution in [0.25, 0.3) is 0 Å². The van der Waals surface area contributed by atoms with E-state index in [1.54, 1.807) is 18.0 Å². The Balaban J connectivity index is 1.68. The normalized spacial score (nSPS) is 10.4. The summed E-state index contributed by atoms with van der Waals surface area (Å²) in [4.78, 5) is 19.1. The molecule has 0 atom stereocenters. The summed E-state index contributed by atoms with van der Waals surface area (Å²) in [5.41, 5.74) is 1.86. The van der Waals surface area contributed by atoms with Crippen molar-refractivity contribution in [1.82, 2.24) is 9.88 Å². The summed E-state index contributed by atoms with van der Waals surface area (Å²) < 4.78 is 0. The molecule has 3 rings (SSSR count). The maximum atomic E-state index is 12.9. The van der Waals surface area contributed by atoms with Crippen LogP contribution in [0.5, 0.6) is 0 Å². The molecule has 0 bridgehead atoms. The molecule has 0 aliphatic heterocycles. The summed E-state index contributed by atoms with van der Waals surface area (Å²) in [5, 5.41) is 0.981. The minimum absolute atomic E-state index is 0.0612. The standard InChI is InChI=1S/C21H20N2OS/c24-21(19-11-5-2-6-12-19)23(17-18-9-3-1-4-10-18)15-16-25-20-13-7-8-14-22-20/h1-14H,15-17H2. The fourth-order valence-electron chi connectivity index (χ4n) is 2.51. The van der Waals surface area contributed by atoms with E-state index in [0.29, 0.717) is 13.1 Å². The minimum Gasteiger partial charge on any atom is -0.333 e. The van der Waals surface area contributed by atoms with Crippen LogP contribution < -0.4 is 0 Å². The highest BCUT2D eigenvalue weighted by Crippen LogP contribution is 2.16. The van der Waals surface area contributed by atoms with Crippen molar-refractivity contribution in [3.05, 3.63) is 96.2 Å². The lowest BCUT2D eigenvalue weighted by molar-refractivity contribution is 0.0754. The summed E-state index contributed by atoms with van der Waals surface area (Å²) in [6, 6.07) is 25.4. The Bertz CT molecular complexity index is 779. The molecular weight excluding hydrogens is 328 g/mol. The minimum atomic E-state index is 0.0612. The van der Waals surface area contributed by atoms with Crippen LogP contribution >= 0.6 is 11.8 Å². The first kappa shape index (κ1) is 17.2. The highest BCUT2D eigenvalue weighted by atomic mass is 32.2. The van der Waals surface area contributed by atoms with E-state index in [9.17, 15) is 4.79 Å². The average Bonchev–Trinajstić information content (AvgIpc) is 2.69. The third-order valence-corrected chi connectivity index (χ3v) is 4.70. The van der Waals surface area contributed by atoms with Gasteiger partial charge in [-0.15, -0.1) is 11.8 Å². The van der Waals surface area contributed by atoms with Gasteiger partial charge in [-0.2, -0.15) is 0 Å². The van der Waals surface area contributed by atoms with Gasteiger partial charge < -0.3 is 4.90 Å². The first-order valence-corrected chi connectivity index (χ1v) is 9.23. The molecule has 0 N–H and O–H groups in total. The highest BCUT2D eigenvalue weighted by Gasteiger charge is 2.15. The van der Waals surface area contributed by atoms with Crippen LogP contribution in [-0.4, -0.2) is 28.1 Å². The number of hydrogen-bond acceptors (Lipinski definition) is 3. The SMILES string of the molecule is O=C(c1ccccc1)N(CCSc1ccccn1)Cc1ccccc1. The first-order chi connectivity index (χ1) is 12.3. The summed E-state index contributed by atoms with van der Waals surface area (Å²) >= 11 is 1.67. The molecule has 1 heterocycles. The van der Waals surface area contributed by atoms with Gasteiger partial charge >= 0.3 is 0 Å². The van der Waals surface area contributed by atoms with E-state index in [1.807, 2.05) is 71.6 Å². The highest BCUT2D eigenvalue weighted by molar-refractivity contribution is 7.99. The lowest BCUT2D eigenvalue weighted by Crippen LogP contribution is -2.32. The topological polar surface area (TPSA) is 33.2 Å². The van der Waals surface area contributed by atoms with Gasteiger partial charge in [0.1, 0.15) is 0 Å². The average molecular weight is 348 g/mol. The quantitative estimate of drug-likeness (QED) is 0.589. The summed E-state index contributed by atoms with van der Waals surface area (Å²) in [6.07, 6.45) is 1.79. The van der Waals surface area contributed by atoms with Gasteiger partial charge in [0.15, 0.2) is 0 Å². The van der Waals surface area contributed by atoms with Crippen molar-refractivity contribution >= 4 is 17.7 Å². The lowest BCUT2D eigenvalue weighted by atomic mass is 10.1. The van der Waals surface area contributed by atoms with E-state index in [2.05, 4.69) is 17.1 Å². The first-order valence-electron chi connectivity index (χ1n) is 8.25. The second kappa shape index (κ2) is 9.04. The van der Waals surface area contributed by atoms with E-state index >= 15 is 0 Å². The van der Waals surface area contributed by atoms with Crippen molar-refractivity contribution < 1.29 is 4.79 Å². The van der Waals surface area contributed by atoms with Crippen LogP contribution in [0, 0.1) is 0 Å². The largest absolute Gasteiger partial charge is 0.333 e. The number of hydrogen-bond donors (Lipinski definition) is 0. The Morgan fingerprint density at radius 2 is 1.56 bits per heavy atom. The molecule has 0 spiro atoms. The van der Waals surface area contributed by atoms with Crippen LogP contribution in [0.3, 0.4) is 0 Å². The summed E-state index contributed by atoms with van der Waals surface area (Å²) in [5.74, 6) is 0.869. The maximum Gasteiger partial charge on any atom is 0.254 e. The van der Waals surface area contributed by atoms with Crippen LogP contribution in [0.4, 0.5) is 0 Å². The number of carbonyl (C=O) groups is 1. The van der Waals surface area contributed by atoms with Crippen LogP contribution in [0.1, 0.15) is 15.9 Å². The second-order valence-electron chi connectivity index (χ2n) is 5.59. The molecule has 1 aromatic heterocycles. The number of carbonyl (C=O) groups excluding carboxylic acids is 1. The van der Waals surface area contributed by atoms with Gasteiger partial charge in [-0.05, 0) is 29.8 Å². The molecule has 126 valence electrons. The number of rotatable bonds is 7. The molecule has 2 aromatic carbocycles. The number of benzene rings is 2. The lowest BCUT2D eigenvalue weighted by Gasteiger charge is -2.23. The fourth-order valence-corrected chi connectivity index (χ4v) is 3.34. The van der Waals surface area contributed by atoms with E-state index in [-0.39, 0.29) is 5.91 Å². The summed E-state index contributed by atoms with van der Waals surface area (Å²) in [7, 11) is 0. The van der Waals surface area contributed by atoms with E-state index in [4.69, 9.17) is 0 Å². The third kappa shape index (κ3) is 5.19. The van der Waals surface area contributed by atoms with E-state index < -0.39 is 0 Å². The van der Waals surface area contributed by atoms with Gasteiger partial charge in [-0.3, -0.25) is 4.79 Å². The van der Waals surface area contributed by atoms with Crippen molar-refractivity contribution in [2.75, 3.05) is 12.3 Å². The van der Waals surface area contributed by atoms with Crippen LogP contribution in [0.2, 0.25) is 0 Å². The predicted molar refractivity (Wildman–Crippen MR) is 103 cm³/mol. The third-order valence-electron chi connectivity index (χ3n) is 3.77. The Kier molecular flexibility index (Phi) is 6.23. The molecule has 0 saturated heterocycles. The zero-order chi connectivity index (χ0) is 17.3. The van der Waals surface area contributed by atoms with Gasteiger partial charge in [0, 0.05) is 30.6 Å². The van der Waals surface area contributed by atoms with E-state index in [1.165, 1.54) is 0 Å². The van der Waals surface area contributed by atoms with E-state index in [0.717, 1.165) is 21.9 Å². The molecule has 0 aliphatic rings. The van der Waals surface area contributed by atoms with Crippen molar-refractivity contribution in [1.29, 1.82) is 0 Å². The van der Waals surface area contributed by atoms with Gasteiger partial charge in [-0.25, -0.2) is 4.98 Å². The van der Waals surface area contributed by atoms with Crippen molar-refractivity contribution in [3.8, 4) is 0 Å². The van der Waals surface area contributed by atoms with Crippen LogP contribution in [0.15, 0.2) is 90.1 Å². The molecule has 0 aliphatic carbocycles. The Hall–Kier alpha value is -2.59. The number of amides is 1. The van der Waals surface area contributed by atoms with Gasteiger partial charge in [0.25, 0.3) is 5.91 Å². The van der Waals surface area contributed by atoms with Crippen molar-refractivity contribution in [3.63, 3.8) is 0 Å². The molecular formula is C21H20N2OS. The monoisotopic (exact) mass is 348 g/mol.